The summed E-state index contributed by atoms with van der Waals surface area (Å²) in [6, 6.07) is 4.95. The number of amides is 1. The third kappa shape index (κ3) is 4.27. The highest BCUT2D eigenvalue weighted by atomic mass is 32.2. The zero-order valence-electron chi connectivity index (χ0n) is 12.9. The molecule has 1 amide bonds. The molecule has 1 heterocycles. The Labute approximate surface area is 135 Å². The van der Waals surface area contributed by atoms with Crippen molar-refractivity contribution >= 4 is 15.9 Å². The van der Waals surface area contributed by atoms with Gasteiger partial charge in [0, 0.05) is 32.3 Å². The molecule has 1 fully saturated rings. The molecule has 5 nitrogen and oxygen atoms in total. The largest absolute Gasteiger partial charge is 0.337 e. The zero-order chi connectivity index (χ0) is 16.9. The van der Waals surface area contributed by atoms with Gasteiger partial charge in [-0.15, -0.1) is 0 Å². The van der Waals surface area contributed by atoms with Gasteiger partial charge in [0.2, 0.25) is 15.9 Å². The number of hydrogen-bond acceptors (Lipinski definition) is 3. The zero-order valence-corrected chi connectivity index (χ0v) is 13.7. The van der Waals surface area contributed by atoms with Gasteiger partial charge in [0.25, 0.3) is 0 Å². The van der Waals surface area contributed by atoms with Gasteiger partial charge in [-0.2, -0.15) is 4.31 Å². The smallest absolute Gasteiger partial charge is 0.246 e. The summed E-state index contributed by atoms with van der Waals surface area (Å²) in [5.74, 6) is -0.736. The molecule has 0 aromatic heterocycles. The number of sulfonamides is 1. The summed E-state index contributed by atoms with van der Waals surface area (Å²) in [6.07, 6.45) is 6.67. The number of nitrogens with zero attached hydrogens (tertiary/aromatic N) is 2. The maximum Gasteiger partial charge on any atom is 0.246 e. The SMILES string of the molecule is CC=CC=CC(=O)N1CCN(S(=O)(=O)c2cccc(F)c2)CC1. The van der Waals surface area contributed by atoms with E-state index >= 15 is 0 Å². The quantitative estimate of drug-likeness (QED) is 0.621. The standard InChI is InChI=1S/C16H19FN2O3S/c1-2-3-4-8-16(20)18-9-11-19(12-10-18)23(21,22)15-7-5-6-14(17)13-15/h2-8,13H,9-12H2,1H3. The van der Waals surface area contributed by atoms with Crippen LogP contribution in [0.3, 0.4) is 0 Å². The predicted molar refractivity (Wildman–Crippen MR) is 85.7 cm³/mol. The van der Waals surface area contributed by atoms with E-state index in [0.717, 1.165) is 6.07 Å². The highest BCUT2D eigenvalue weighted by Crippen LogP contribution is 2.18. The van der Waals surface area contributed by atoms with Crippen LogP contribution in [0.15, 0.2) is 53.5 Å². The van der Waals surface area contributed by atoms with Crippen molar-refractivity contribution in [2.24, 2.45) is 0 Å². The summed E-state index contributed by atoms with van der Waals surface area (Å²) < 4.78 is 39.4. The monoisotopic (exact) mass is 338 g/mol. The molecule has 1 aliphatic rings. The van der Waals surface area contributed by atoms with Crippen LogP contribution >= 0.6 is 0 Å². The molecular weight excluding hydrogens is 319 g/mol. The Kier molecular flexibility index (Phi) is 5.68. The normalized spacial score (nSPS) is 17.2. The molecule has 0 N–H and O–H groups in total. The van der Waals surface area contributed by atoms with Gasteiger partial charge in [0.15, 0.2) is 0 Å². The van der Waals surface area contributed by atoms with Gasteiger partial charge in [-0.1, -0.05) is 24.3 Å². The number of halogens is 1. The van der Waals surface area contributed by atoms with E-state index in [1.165, 1.54) is 28.6 Å². The van der Waals surface area contributed by atoms with Gasteiger partial charge in [0.05, 0.1) is 4.90 Å². The Hall–Kier alpha value is -1.99. The van der Waals surface area contributed by atoms with Crippen LogP contribution in [0.2, 0.25) is 0 Å². The topological polar surface area (TPSA) is 57.7 Å². The van der Waals surface area contributed by atoms with Crippen molar-refractivity contribution in [3.8, 4) is 0 Å². The third-order valence-corrected chi connectivity index (χ3v) is 5.42. The average Bonchev–Trinajstić information content (AvgIpc) is 2.55. The number of carbonyl (C=O) groups excluding carboxylic acids is 1. The molecule has 0 atom stereocenters. The maximum absolute atomic E-state index is 13.2. The first kappa shape index (κ1) is 17.4. The molecule has 1 aliphatic heterocycles. The van der Waals surface area contributed by atoms with E-state index in [9.17, 15) is 17.6 Å². The summed E-state index contributed by atoms with van der Waals surface area (Å²) in [5, 5.41) is 0. The minimum Gasteiger partial charge on any atom is -0.337 e. The van der Waals surface area contributed by atoms with E-state index in [4.69, 9.17) is 0 Å². The fraction of sp³-hybridized carbons (Fsp3) is 0.312. The highest BCUT2D eigenvalue weighted by molar-refractivity contribution is 7.89. The van der Waals surface area contributed by atoms with Crippen LogP contribution in [0.4, 0.5) is 4.39 Å². The number of rotatable bonds is 4. The van der Waals surface area contributed by atoms with Crippen molar-refractivity contribution in [3.05, 3.63) is 54.4 Å². The minimum atomic E-state index is -3.73. The van der Waals surface area contributed by atoms with Crippen molar-refractivity contribution in [2.75, 3.05) is 26.2 Å². The van der Waals surface area contributed by atoms with Crippen molar-refractivity contribution in [3.63, 3.8) is 0 Å². The van der Waals surface area contributed by atoms with Crippen molar-refractivity contribution in [1.82, 2.24) is 9.21 Å². The lowest BCUT2D eigenvalue weighted by Gasteiger charge is -2.33. The fourth-order valence-corrected chi connectivity index (χ4v) is 3.73. The lowest BCUT2D eigenvalue weighted by atomic mass is 10.3. The highest BCUT2D eigenvalue weighted by Gasteiger charge is 2.29. The second kappa shape index (κ2) is 7.52. The summed E-state index contributed by atoms with van der Waals surface area (Å²) >= 11 is 0. The second-order valence-electron chi connectivity index (χ2n) is 5.07. The number of carbonyl (C=O) groups is 1. The molecule has 2 rings (SSSR count). The first-order valence-corrected chi connectivity index (χ1v) is 8.73. The van der Waals surface area contributed by atoms with Gasteiger partial charge in [-0.3, -0.25) is 4.79 Å². The van der Waals surface area contributed by atoms with Gasteiger partial charge < -0.3 is 4.90 Å². The second-order valence-corrected chi connectivity index (χ2v) is 7.01. The van der Waals surface area contributed by atoms with Crippen LogP contribution < -0.4 is 0 Å². The van der Waals surface area contributed by atoms with E-state index in [-0.39, 0.29) is 23.9 Å². The maximum atomic E-state index is 13.2. The fourth-order valence-electron chi connectivity index (χ4n) is 2.28. The molecule has 0 bridgehead atoms. The van der Waals surface area contributed by atoms with E-state index < -0.39 is 15.8 Å². The average molecular weight is 338 g/mol. The number of piperazine rings is 1. The van der Waals surface area contributed by atoms with E-state index in [1.807, 2.05) is 13.0 Å². The molecule has 0 unspecified atom stereocenters. The Morgan fingerprint density at radius 1 is 1.17 bits per heavy atom. The van der Waals surface area contributed by atoms with E-state index in [2.05, 4.69) is 0 Å². The van der Waals surface area contributed by atoms with Crippen LogP contribution in [-0.2, 0) is 14.8 Å². The number of hydrogen-bond donors (Lipinski definition) is 0. The Morgan fingerprint density at radius 2 is 1.87 bits per heavy atom. The van der Waals surface area contributed by atoms with Crippen LogP contribution in [0, 0.1) is 5.82 Å². The molecule has 1 aromatic rings. The summed E-state index contributed by atoms with van der Waals surface area (Å²) in [7, 11) is -3.73. The summed E-state index contributed by atoms with van der Waals surface area (Å²) in [6.45, 7) is 2.87. The van der Waals surface area contributed by atoms with Crippen molar-refractivity contribution in [2.45, 2.75) is 11.8 Å². The molecule has 1 aromatic carbocycles. The molecule has 124 valence electrons. The molecular formula is C16H19FN2O3S. The predicted octanol–water partition coefficient (Wildman–Crippen LogP) is 1.79. The molecule has 0 aliphatic carbocycles. The lowest BCUT2D eigenvalue weighted by Crippen LogP contribution is -2.50. The number of benzene rings is 1. The van der Waals surface area contributed by atoms with Crippen LogP contribution in [0.5, 0.6) is 0 Å². The molecule has 0 spiro atoms. The third-order valence-electron chi connectivity index (χ3n) is 3.53. The van der Waals surface area contributed by atoms with E-state index in [0.29, 0.717) is 13.1 Å². The van der Waals surface area contributed by atoms with Gasteiger partial charge in [0.1, 0.15) is 5.82 Å². The molecule has 0 radical (unpaired) electrons. The first-order chi connectivity index (χ1) is 10.9. The van der Waals surface area contributed by atoms with Crippen molar-refractivity contribution in [1.29, 1.82) is 0 Å². The Balaban J connectivity index is 2.02. The number of allylic oxidation sites excluding steroid dienone is 3. The Morgan fingerprint density at radius 3 is 2.48 bits per heavy atom. The molecule has 23 heavy (non-hydrogen) atoms. The minimum absolute atomic E-state index is 0.0646. The van der Waals surface area contributed by atoms with Crippen LogP contribution in [-0.4, -0.2) is 49.7 Å². The van der Waals surface area contributed by atoms with Gasteiger partial charge in [-0.25, -0.2) is 12.8 Å². The van der Waals surface area contributed by atoms with Crippen LogP contribution in [0.25, 0.3) is 0 Å². The Bertz CT molecular complexity index is 721. The van der Waals surface area contributed by atoms with Crippen LogP contribution in [0.1, 0.15) is 6.92 Å². The van der Waals surface area contributed by atoms with Crippen molar-refractivity contribution < 1.29 is 17.6 Å². The summed E-state index contributed by atoms with van der Waals surface area (Å²) in [5.41, 5.74) is 0. The lowest BCUT2D eigenvalue weighted by molar-refractivity contribution is -0.127. The summed E-state index contributed by atoms with van der Waals surface area (Å²) in [4.78, 5) is 13.5. The van der Waals surface area contributed by atoms with E-state index in [1.54, 1.807) is 17.1 Å². The molecule has 7 heteroatoms. The van der Waals surface area contributed by atoms with Gasteiger partial charge in [-0.05, 0) is 25.1 Å². The van der Waals surface area contributed by atoms with Gasteiger partial charge >= 0.3 is 0 Å². The molecule has 1 saturated heterocycles. The first-order valence-electron chi connectivity index (χ1n) is 7.29. The molecule has 0 saturated carbocycles.